The van der Waals surface area contributed by atoms with Crippen molar-refractivity contribution in [2.45, 2.75) is 13.8 Å². The van der Waals surface area contributed by atoms with Gasteiger partial charge in [-0.05, 0) is 48.7 Å². The molecule has 0 aliphatic heterocycles. The van der Waals surface area contributed by atoms with Gasteiger partial charge in [-0.2, -0.15) is 0 Å². The van der Waals surface area contributed by atoms with Gasteiger partial charge < -0.3 is 9.84 Å². The first-order chi connectivity index (χ1) is 8.52. The SMILES string of the molecule is COc1cc(C)c(-c2cc(C(=O)O)cs2)cc1C. The lowest BCUT2D eigenvalue weighted by molar-refractivity contribution is 0.0697. The second-order valence-corrected chi connectivity index (χ2v) is 5.05. The molecule has 0 aliphatic rings. The maximum absolute atomic E-state index is 10.9. The molecule has 0 radical (unpaired) electrons. The first-order valence-corrected chi connectivity index (χ1v) is 6.38. The van der Waals surface area contributed by atoms with Crippen molar-refractivity contribution < 1.29 is 14.6 Å². The van der Waals surface area contributed by atoms with E-state index in [2.05, 4.69) is 0 Å². The van der Waals surface area contributed by atoms with Gasteiger partial charge in [-0.3, -0.25) is 0 Å². The summed E-state index contributed by atoms with van der Waals surface area (Å²) in [6.07, 6.45) is 0. The molecule has 0 amide bonds. The normalized spacial score (nSPS) is 10.4. The molecule has 94 valence electrons. The Labute approximate surface area is 110 Å². The highest BCUT2D eigenvalue weighted by Crippen LogP contribution is 2.33. The van der Waals surface area contributed by atoms with Crippen LogP contribution in [0.25, 0.3) is 10.4 Å². The number of carboxylic acids is 1. The zero-order valence-electron chi connectivity index (χ0n) is 10.5. The van der Waals surface area contributed by atoms with Crippen molar-refractivity contribution in [3.63, 3.8) is 0 Å². The molecule has 0 bridgehead atoms. The lowest BCUT2D eigenvalue weighted by Gasteiger charge is -2.09. The van der Waals surface area contributed by atoms with Gasteiger partial charge in [0.15, 0.2) is 0 Å². The lowest BCUT2D eigenvalue weighted by Crippen LogP contribution is -1.92. The fourth-order valence-corrected chi connectivity index (χ4v) is 2.83. The first kappa shape index (κ1) is 12.6. The summed E-state index contributed by atoms with van der Waals surface area (Å²) in [6.45, 7) is 3.98. The predicted molar refractivity (Wildman–Crippen MR) is 72.7 cm³/mol. The fourth-order valence-electron chi connectivity index (χ4n) is 1.86. The third kappa shape index (κ3) is 2.24. The number of hydrogen-bond donors (Lipinski definition) is 1. The number of aromatic carboxylic acids is 1. The van der Waals surface area contributed by atoms with Crippen LogP contribution in [0.2, 0.25) is 0 Å². The van der Waals surface area contributed by atoms with Gasteiger partial charge in [-0.1, -0.05) is 0 Å². The van der Waals surface area contributed by atoms with Crippen molar-refractivity contribution in [2.24, 2.45) is 0 Å². The molecule has 0 unspecified atom stereocenters. The second-order valence-electron chi connectivity index (χ2n) is 4.14. The average Bonchev–Trinajstić information content (AvgIpc) is 2.81. The van der Waals surface area contributed by atoms with Crippen molar-refractivity contribution in [2.75, 3.05) is 7.11 Å². The molecule has 2 rings (SSSR count). The molecule has 1 heterocycles. The fraction of sp³-hybridized carbons (Fsp3) is 0.214. The summed E-state index contributed by atoms with van der Waals surface area (Å²) in [4.78, 5) is 11.9. The topological polar surface area (TPSA) is 46.5 Å². The van der Waals surface area contributed by atoms with Crippen molar-refractivity contribution in [3.05, 3.63) is 40.3 Å². The Morgan fingerprint density at radius 1 is 1.22 bits per heavy atom. The van der Waals surface area contributed by atoms with Crippen LogP contribution in [-0.4, -0.2) is 18.2 Å². The number of carbonyl (C=O) groups is 1. The Bertz CT molecular complexity index is 599. The molecule has 4 heteroatoms. The molecule has 1 aromatic heterocycles. The lowest BCUT2D eigenvalue weighted by atomic mass is 10.0. The zero-order valence-corrected chi connectivity index (χ0v) is 11.3. The van der Waals surface area contributed by atoms with E-state index in [-0.39, 0.29) is 0 Å². The minimum Gasteiger partial charge on any atom is -0.496 e. The van der Waals surface area contributed by atoms with E-state index in [0.29, 0.717) is 5.56 Å². The van der Waals surface area contributed by atoms with Gasteiger partial charge in [0.1, 0.15) is 5.75 Å². The van der Waals surface area contributed by atoms with Crippen molar-refractivity contribution in [1.82, 2.24) is 0 Å². The molecule has 0 aliphatic carbocycles. The van der Waals surface area contributed by atoms with Gasteiger partial charge >= 0.3 is 5.97 Å². The van der Waals surface area contributed by atoms with Crippen LogP contribution in [0, 0.1) is 13.8 Å². The average molecular weight is 262 g/mol. The number of ether oxygens (including phenoxy) is 1. The number of aryl methyl sites for hydroxylation is 2. The molecule has 0 atom stereocenters. The van der Waals surface area contributed by atoms with Crippen LogP contribution in [0.3, 0.4) is 0 Å². The van der Waals surface area contributed by atoms with E-state index < -0.39 is 5.97 Å². The number of hydrogen-bond acceptors (Lipinski definition) is 3. The van der Waals surface area contributed by atoms with Gasteiger partial charge in [-0.15, -0.1) is 11.3 Å². The molecular formula is C14H14O3S. The van der Waals surface area contributed by atoms with Gasteiger partial charge in [-0.25, -0.2) is 4.79 Å². The Morgan fingerprint density at radius 2 is 1.94 bits per heavy atom. The molecule has 0 saturated carbocycles. The summed E-state index contributed by atoms with van der Waals surface area (Å²) in [5.41, 5.74) is 3.52. The van der Waals surface area contributed by atoms with Crippen molar-refractivity contribution in [3.8, 4) is 16.2 Å². The largest absolute Gasteiger partial charge is 0.496 e. The summed E-state index contributed by atoms with van der Waals surface area (Å²) in [5.74, 6) is -0.0355. The molecule has 3 nitrogen and oxygen atoms in total. The van der Waals surface area contributed by atoms with E-state index in [0.717, 1.165) is 27.3 Å². The van der Waals surface area contributed by atoms with Crippen LogP contribution in [0.4, 0.5) is 0 Å². The van der Waals surface area contributed by atoms with E-state index in [1.807, 2.05) is 26.0 Å². The van der Waals surface area contributed by atoms with Crippen LogP contribution in [0.5, 0.6) is 5.75 Å². The van der Waals surface area contributed by atoms with Gasteiger partial charge in [0.05, 0.1) is 12.7 Å². The van der Waals surface area contributed by atoms with E-state index in [4.69, 9.17) is 9.84 Å². The molecular weight excluding hydrogens is 248 g/mol. The molecule has 0 saturated heterocycles. The number of carboxylic acid groups (broad SMARTS) is 1. The van der Waals surface area contributed by atoms with Gasteiger partial charge in [0.2, 0.25) is 0 Å². The van der Waals surface area contributed by atoms with E-state index in [9.17, 15) is 4.79 Å². The Kier molecular flexibility index (Phi) is 3.39. The molecule has 1 N–H and O–H groups in total. The number of thiophene rings is 1. The number of rotatable bonds is 3. The zero-order chi connectivity index (χ0) is 13.3. The van der Waals surface area contributed by atoms with Gasteiger partial charge in [0, 0.05) is 10.3 Å². The van der Waals surface area contributed by atoms with Crippen molar-refractivity contribution >= 4 is 17.3 Å². The summed E-state index contributed by atoms with van der Waals surface area (Å²) in [5, 5.41) is 10.6. The van der Waals surface area contributed by atoms with E-state index >= 15 is 0 Å². The van der Waals surface area contributed by atoms with Crippen LogP contribution in [0.1, 0.15) is 21.5 Å². The summed E-state index contributed by atoms with van der Waals surface area (Å²) >= 11 is 1.45. The molecule has 1 aromatic carbocycles. The standard InChI is InChI=1S/C14H14O3S/c1-8-5-12(17-3)9(2)4-11(8)13-6-10(7-18-13)14(15)16/h4-7H,1-3H3,(H,15,16). The number of benzene rings is 1. The predicted octanol–water partition coefficient (Wildman–Crippen LogP) is 3.74. The smallest absolute Gasteiger partial charge is 0.336 e. The van der Waals surface area contributed by atoms with E-state index in [1.54, 1.807) is 18.6 Å². The minimum atomic E-state index is -0.889. The highest BCUT2D eigenvalue weighted by Gasteiger charge is 2.11. The Morgan fingerprint density at radius 3 is 2.50 bits per heavy atom. The maximum atomic E-state index is 10.9. The Balaban J connectivity index is 2.50. The maximum Gasteiger partial charge on any atom is 0.336 e. The highest BCUT2D eigenvalue weighted by molar-refractivity contribution is 7.13. The second kappa shape index (κ2) is 4.82. The van der Waals surface area contributed by atoms with Gasteiger partial charge in [0.25, 0.3) is 0 Å². The van der Waals surface area contributed by atoms with E-state index in [1.165, 1.54) is 11.3 Å². The summed E-state index contributed by atoms with van der Waals surface area (Å²) in [7, 11) is 1.65. The highest BCUT2D eigenvalue weighted by atomic mass is 32.1. The van der Waals surface area contributed by atoms with Crippen LogP contribution < -0.4 is 4.74 Å². The summed E-state index contributed by atoms with van der Waals surface area (Å²) < 4.78 is 5.27. The Hall–Kier alpha value is -1.81. The molecule has 2 aromatic rings. The molecule has 0 fully saturated rings. The monoisotopic (exact) mass is 262 g/mol. The third-order valence-corrected chi connectivity index (χ3v) is 3.82. The van der Waals surface area contributed by atoms with Crippen LogP contribution in [-0.2, 0) is 0 Å². The number of methoxy groups -OCH3 is 1. The first-order valence-electron chi connectivity index (χ1n) is 5.50. The van der Waals surface area contributed by atoms with Crippen LogP contribution in [0.15, 0.2) is 23.6 Å². The third-order valence-electron chi connectivity index (χ3n) is 2.85. The molecule has 18 heavy (non-hydrogen) atoms. The molecule has 0 spiro atoms. The summed E-state index contributed by atoms with van der Waals surface area (Å²) in [6, 6.07) is 5.72. The minimum absolute atomic E-state index is 0.336. The van der Waals surface area contributed by atoms with Crippen molar-refractivity contribution in [1.29, 1.82) is 0 Å². The quantitative estimate of drug-likeness (QED) is 0.916. The van der Waals surface area contributed by atoms with Crippen LogP contribution >= 0.6 is 11.3 Å².